The maximum Gasteiger partial charge on any atom is 0.240 e. The van der Waals surface area contributed by atoms with Gasteiger partial charge in [0, 0.05) is 6.54 Å². The molecule has 0 aromatic carbocycles. The second kappa shape index (κ2) is 7.06. The predicted octanol–water partition coefficient (Wildman–Crippen LogP) is 0.242. The molecule has 1 heterocycles. The van der Waals surface area contributed by atoms with Crippen LogP contribution in [-0.2, 0) is 14.8 Å². The van der Waals surface area contributed by atoms with Crippen molar-refractivity contribution in [1.29, 1.82) is 0 Å². The molecule has 8 heteroatoms. The molecule has 0 bridgehead atoms. The summed E-state index contributed by atoms with van der Waals surface area (Å²) in [5.74, 6) is -0.294. The molecule has 1 aliphatic rings. The summed E-state index contributed by atoms with van der Waals surface area (Å²) >= 11 is 0. The molecule has 0 unspecified atom stereocenters. The topological polar surface area (TPSA) is 87.3 Å². The standard InChI is InChI=1S/C12H25N3O3S.ClH/c1-11(2,15-19(4,17)18)10(16)14-9-12(3)5-7-13-8-6-12;/h13,15H,5-9H2,1-4H3,(H,14,16);1H. The Balaban J connectivity index is 0.00000361. The van der Waals surface area contributed by atoms with Gasteiger partial charge < -0.3 is 10.6 Å². The van der Waals surface area contributed by atoms with Crippen LogP contribution in [0.5, 0.6) is 0 Å². The summed E-state index contributed by atoms with van der Waals surface area (Å²) in [6, 6.07) is 0. The molecular weight excluding hydrogens is 302 g/mol. The van der Waals surface area contributed by atoms with Gasteiger partial charge in [0.1, 0.15) is 5.54 Å². The lowest BCUT2D eigenvalue weighted by Gasteiger charge is -2.35. The molecule has 0 spiro atoms. The number of carbonyl (C=O) groups excluding carboxylic acids is 1. The molecule has 0 aromatic heterocycles. The molecule has 1 amide bonds. The molecule has 0 atom stereocenters. The first-order chi connectivity index (χ1) is 8.54. The molecule has 1 saturated heterocycles. The monoisotopic (exact) mass is 327 g/mol. The summed E-state index contributed by atoms with van der Waals surface area (Å²) in [7, 11) is -3.41. The van der Waals surface area contributed by atoms with Crippen molar-refractivity contribution in [2.75, 3.05) is 25.9 Å². The Morgan fingerprint density at radius 2 is 1.80 bits per heavy atom. The van der Waals surface area contributed by atoms with E-state index in [2.05, 4.69) is 22.3 Å². The Morgan fingerprint density at radius 1 is 1.30 bits per heavy atom. The van der Waals surface area contributed by atoms with Crippen LogP contribution in [0.1, 0.15) is 33.6 Å². The Morgan fingerprint density at radius 3 is 2.25 bits per heavy atom. The molecule has 1 aliphatic heterocycles. The summed E-state index contributed by atoms with van der Waals surface area (Å²) in [6.07, 6.45) is 3.07. The first kappa shape index (κ1) is 19.6. The Hall–Kier alpha value is -0.370. The van der Waals surface area contributed by atoms with Crippen LogP contribution in [0.2, 0.25) is 0 Å². The molecule has 6 nitrogen and oxygen atoms in total. The minimum Gasteiger partial charge on any atom is -0.354 e. The number of sulfonamides is 1. The second-order valence-electron chi connectivity index (χ2n) is 6.24. The second-order valence-corrected chi connectivity index (χ2v) is 7.99. The van der Waals surface area contributed by atoms with E-state index in [1.165, 1.54) is 0 Å². The number of rotatable bonds is 5. The number of nitrogens with one attached hydrogen (secondary N) is 3. The van der Waals surface area contributed by atoms with Crippen LogP contribution in [0.3, 0.4) is 0 Å². The fraction of sp³-hybridized carbons (Fsp3) is 0.917. The minimum absolute atomic E-state index is 0. The van der Waals surface area contributed by atoms with E-state index in [0.717, 1.165) is 32.2 Å². The molecule has 0 saturated carbocycles. The third-order valence-electron chi connectivity index (χ3n) is 3.49. The lowest BCUT2D eigenvalue weighted by molar-refractivity contribution is -0.126. The van der Waals surface area contributed by atoms with Crippen molar-refractivity contribution < 1.29 is 13.2 Å². The smallest absolute Gasteiger partial charge is 0.240 e. The maximum atomic E-state index is 12.1. The van der Waals surface area contributed by atoms with Crippen LogP contribution in [0.4, 0.5) is 0 Å². The van der Waals surface area contributed by atoms with Crippen molar-refractivity contribution in [2.24, 2.45) is 5.41 Å². The first-order valence-corrected chi connectivity index (χ1v) is 8.41. The highest BCUT2D eigenvalue weighted by Crippen LogP contribution is 2.26. The van der Waals surface area contributed by atoms with Crippen LogP contribution < -0.4 is 15.4 Å². The van der Waals surface area contributed by atoms with E-state index >= 15 is 0 Å². The summed E-state index contributed by atoms with van der Waals surface area (Å²) < 4.78 is 24.8. The molecule has 3 N–H and O–H groups in total. The van der Waals surface area contributed by atoms with E-state index < -0.39 is 15.6 Å². The number of halogens is 1. The van der Waals surface area contributed by atoms with Crippen molar-refractivity contribution in [3.8, 4) is 0 Å². The van der Waals surface area contributed by atoms with Crippen LogP contribution >= 0.6 is 12.4 Å². The highest BCUT2D eigenvalue weighted by atomic mass is 35.5. The third-order valence-corrected chi connectivity index (χ3v) is 4.38. The molecular formula is C12H26ClN3O3S. The number of piperidine rings is 1. The van der Waals surface area contributed by atoms with Gasteiger partial charge in [-0.2, -0.15) is 0 Å². The zero-order valence-corrected chi connectivity index (χ0v) is 14.2. The van der Waals surface area contributed by atoms with E-state index in [9.17, 15) is 13.2 Å². The summed E-state index contributed by atoms with van der Waals surface area (Å²) in [5.41, 5.74) is -1.04. The minimum atomic E-state index is -3.41. The molecule has 20 heavy (non-hydrogen) atoms. The van der Waals surface area contributed by atoms with Gasteiger partial charge in [0.05, 0.1) is 6.26 Å². The van der Waals surface area contributed by atoms with Gasteiger partial charge in [0.2, 0.25) is 15.9 Å². The molecule has 0 radical (unpaired) electrons. The van der Waals surface area contributed by atoms with Gasteiger partial charge in [0.25, 0.3) is 0 Å². The van der Waals surface area contributed by atoms with Crippen molar-refractivity contribution in [3.05, 3.63) is 0 Å². The fourth-order valence-electron chi connectivity index (χ4n) is 2.23. The Labute approximate surface area is 127 Å². The third kappa shape index (κ3) is 6.39. The molecule has 1 rings (SSSR count). The van der Waals surface area contributed by atoms with Crippen LogP contribution in [0.25, 0.3) is 0 Å². The first-order valence-electron chi connectivity index (χ1n) is 6.52. The van der Waals surface area contributed by atoms with E-state index in [0.29, 0.717) is 6.54 Å². The lowest BCUT2D eigenvalue weighted by atomic mass is 9.81. The number of hydrogen-bond donors (Lipinski definition) is 3. The average molecular weight is 328 g/mol. The highest BCUT2D eigenvalue weighted by Gasteiger charge is 2.33. The number of carbonyl (C=O) groups is 1. The number of amides is 1. The average Bonchev–Trinajstić information content (AvgIpc) is 2.23. The van der Waals surface area contributed by atoms with Crippen LogP contribution in [-0.4, -0.2) is 45.8 Å². The van der Waals surface area contributed by atoms with Crippen LogP contribution in [0, 0.1) is 5.41 Å². The zero-order chi connectivity index (χ0) is 14.7. The SMILES string of the molecule is CC1(CNC(=O)C(C)(C)NS(C)(=O)=O)CCNCC1.Cl. The summed E-state index contributed by atoms with van der Waals surface area (Å²) in [5, 5.41) is 6.15. The predicted molar refractivity (Wildman–Crippen MR) is 82.5 cm³/mol. The van der Waals surface area contributed by atoms with E-state index in [1.807, 2.05) is 0 Å². The zero-order valence-electron chi connectivity index (χ0n) is 12.6. The largest absolute Gasteiger partial charge is 0.354 e. The summed E-state index contributed by atoms with van der Waals surface area (Å²) in [6.45, 7) is 7.75. The van der Waals surface area contributed by atoms with Gasteiger partial charge in [-0.1, -0.05) is 6.92 Å². The van der Waals surface area contributed by atoms with Gasteiger partial charge in [-0.05, 0) is 45.2 Å². The molecule has 120 valence electrons. The van der Waals surface area contributed by atoms with Crippen molar-refractivity contribution in [1.82, 2.24) is 15.4 Å². The van der Waals surface area contributed by atoms with Crippen molar-refractivity contribution in [2.45, 2.75) is 39.2 Å². The van der Waals surface area contributed by atoms with Gasteiger partial charge in [-0.25, -0.2) is 13.1 Å². The van der Waals surface area contributed by atoms with Gasteiger partial charge in [-0.15, -0.1) is 12.4 Å². The molecule has 0 aliphatic carbocycles. The Kier molecular flexibility index (Phi) is 6.93. The van der Waals surface area contributed by atoms with Gasteiger partial charge in [-0.3, -0.25) is 4.79 Å². The van der Waals surface area contributed by atoms with Crippen LogP contribution in [0.15, 0.2) is 0 Å². The van der Waals surface area contributed by atoms with E-state index in [4.69, 9.17) is 0 Å². The van der Waals surface area contributed by atoms with Gasteiger partial charge >= 0.3 is 0 Å². The normalized spacial score (nSPS) is 19.0. The summed E-state index contributed by atoms with van der Waals surface area (Å²) in [4.78, 5) is 12.1. The quantitative estimate of drug-likeness (QED) is 0.675. The van der Waals surface area contributed by atoms with Crippen molar-refractivity contribution in [3.63, 3.8) is 0 Å². The van der Waals surface area contributed by atoms with Gasteiger partial charge in [0.15, 0.2) is 0 Å². The van der Waals surface area contributed by atoms with E-state index in [1.54, 1.807) is 13.8 Å². The van der Waals surface area contributed by atoms with E-state index in [-0.39, 0.29) is 23.7 Å². The van der Waals surface area contributed by atoms with Crippen molar-refractivity contribution >= 4 is 28.3 Å². The molecule has 1 fully saturated rings. The highest BCUT2D eigenvalue weighted by molar-refractivity contribution is 7.88. The lowest BCUT2D eigenvalue weighted by Crippen LogP contribution is -2.56. The molecule has 0 aromatic rings. The fourth-order valence-corrected chi connectivity index (χ4v) is 3.25. The number of hydrogen-bond acceptors (Lipinski definition) is 4. The maximum absolute atomic E-state index is 12.1. The Bertz CT molecular complexity index is 431.